The largest absolute Gasteiger partial charge is 0.364 e. The van der Waals surface area contributed by atoms with Crippen molar-refractivity contribution >= 4 is 16.8 Å². The summed E-state index contributed by atoms with van der Waals surface area (Å²) in [5, 5.41) is 3.75. The standard InChI is InChI=1S/C21H25N3O2/c1-3-21-12-24-9-7-14(21)11-18(24)19(26-21)15-6-8-23-17-5-4-13(10-16(15)17)20(25)22-2/h4-6,8,10,14,18-19H,3,7,9,11-12H2,1-2H3,(H,22,25)/t14?,18?,19-,21?/m0/s1. The van der Waals surface area contributed by atoms with Gasteiger partial charge in [-0.25, -0.2) is 0 Å². The number of carbonyl (C=O) groups excluding carboxylic acids is 1. The van der Waals surface area contributed by atoms with Crippen LogP contribution in [0, 0.1) is 5.92 Å². The number of fused-ring (bicyclic) bond motifs is 3. The lowest BCUT2D eigenvalue weighted by Gasteiger charge is -2.64. The van der Waals surface area contributed by atoms with E-state index < -0.39 is 0 Å². The summed E-state index contributed by atoms with van der Waals surface area (Å²) in [6.45, 7) is 4.51. The van der Waals surface area contributed by atoms with Crippen LogP contribution < -0.4 is 5.32 Å². The highest BCUT2D eigenvalue weighted by molar-refractivity contribution is 5.98. The van der Waals surface area contributed by atoms with Gasteiger partial charge in [-0.1, -0.05) is 6.92 Å². The summed E-state index contributed by atoms with van der Waals surface area (Å²) in [6, 6.07) is 8.27. The van der Waals surface area contributed by atoms with E-state index in [1.54, 1.807) is 7.05 Å². The Morgan fingerprint density at radius 3 is 3.04 bits per heavy atom. The molecule has 26 heavy (non-hydrogen) atoms. The second-order valence-corrected chi connectivity index (χ2v) is 7.93. The summed E-state index contributed by atoms with van der Waals surface area (Å²) >= 11 is 0. The Bertz CT molecular complexity index is 883. The van der Waals surface area contributed by atoms with Crippen LogP contribution in [0.3, 0.4) is 0 Å². The highest BCUT2D eigenvalue weighted by Crippen LogP contribution is 2.54. The van der Waals surface area contributed by atoms with Gasteiger partial charge in [0.05, 0.1) is 17.2 Å². The predicted molar refractivity (Wildman–Crippen MR) is 100 cm³/mol. The number of rotatable bonds is 3. The normalized spacial score (nSPS) is 35.0. The van der Waals surface area contributed by atoms with E-state index >= 15 is 0 Å². The minimum Gasteiger partial charge on any atom is -0.364 e. The number of benzene rings is 1. The number of morpholine rings is 1. The lowest BCUT2D eigenvalue weighted by molar-refractivity contribution is -0.274. The van der Waals surface area contributed by atoms with E-state index in [1.165, 1.54) is 24.9 Å². The average molecular weight is 351 g/mol. The molecule has 5 heteroatoms. The van der Waals surface area contributed by atoms with Crippen LogP contribution in [-0.4, -0.2) is 47.6 Å². The first kappa shape index (κ1) is 16.2. The van der Waals surface area contributed by atoms with Gasteiger partial charge >= 0.3 is 0 Å². The molecule has 4 bridgehead atoms. The zero-order valence-electron chi connectivity index (χ0n) is 15.4. The summed E-state index contributed by atoms with van der Waals surface area (Å²) < 4.78 is 6.81. The molecule has 6 heterocycles. The summed E-state index contributed by atoms with van der Waals surface area (Å²) in [7, 11) is 1.66. The van der Waals surface area contributed by atoms with Gasteiger partial charge in [0.15, 0.2) is 0 Å². The van der Waals surface area contributed by atoms with Gasteiger partial charge in [-0.2, -0.15) is 0 Å². The van der Waals surface area contributed by atoms with Crippen molar-refractivity contribution in [3.05, 3.63) is 41.6 Å². The molecule has 5 saturated heterocycles. The lowest BCUT2D eigenvalue weighted by Crippen LogP contribution is -2.70. The van der Waals surface area contributed by atoms with Crippen LogP contribution in [0.25, 0.3) is 10.9 Å². The number of nitrogens with zero attached hydrogens (tertiary/aromatic N) is 2. The van der Waals surface area contributed by atoms with Crippen molar-refractivity contribution in [2.75, 3.05) is 20.1 Å². The first-order valence-corrected chi connectivity index (χ1v) is 9.68. The van der Waals surface area contributed by atoms with E-state index in [0.29, 0.717) is 17.5 Å². The molecule has 5 fully saturated rings. The summed E-state index contributed by atoms with van der Waals surface area (Å²) in [5.74, 6) is 0.619. The van der Waals surface area contributed by atoms with Crippen molar-refractivity contribution < 1.29 is 9.53 Å². The van der Waals surface area contributed by atoms with E-state index in [2.05, 4.69) is 28.2 Å². The van der Waals surface area contributed by atoms with E-state index in [9.17, 15) is 4.79 Å². The average Bonchev–Trinajstić information content (AvgIpc) is 2.72. The molecule has 2 aromatic rings. The molecule has 136 valence electrons. The SMILES string of the molecule is CCC12CN3CCC1CC3[C@H](c1ccnc3ccc(C(=O)NC)cc13)O2. The van der Waals surface area contributed by atoms with Gasteiger partial charge in [0.25, 0.3) is 5.91 Å². The molecule has 5 atom stereocenters. The molecule has 1 aromatic heterocycles. The number of hydrogen-bond acceptors (Lipinski definition) is 4. The fourth-order valence-electron chi connectivity index (χ4n) is 5.43. The molecule has 0 saturated carbocycles. The first-order chi connectivity index (χ1) is 12.6. The van der Waals surface area contributed by atoms with E-state index in [1.807, 2.05) is 24.4 Å². The molecule has 1 N–H and O–H groups in total. The zero-order chi connectivity index (χ0) is 17.9. The van der Waals surface area contributed by atoms with E-state index in [0.717, 1.165) is 23.9 Å². The van der Waals surface area contributed by atoms with Crippen molar-refractivity contribution in [1.29, 1.82) is 0 Å². The summed E-state index contributed by atoms with van der Waals surface area (Å²) in [4.78, 5) is 19.2. The topological polar surface area (TPSA) is 54.5 Å². The number of hydrogen-bond donors (Lipinski definition) is 1. The van der Waals surface area contributed by atoms with Gasteiger partial charge < -0.3 is 10.1 Å². The monoisotopic (exact) mass is 351 g/mol. The fraction of sp³-hybridized carbons (Fsp3) is 0.524. The Morgan fingerprint density at radius 2 is 2.31 bits per heavy atom. The fourth-order valence-corrected chi connectivity index (χ4v) is 5.43. The molecule has 0 spiro atoms. The molecule has 0 radical (unpaired) electrons. The van der Waals surface area contributed by atoms with Crippen molar-refractivity contribution in [2.45, 2.75) is 43.9 Å². The number of piperidine rings is 3. The molecule has 1 amide bonds. The zero-order valence-corrected chi connectivity index (χ0v) is 15.4. The van der Waals surface area contributed by atoms with E-state index in [-0.39, 0.29) is 17.6 Å². The lowest BCUT2D eigenvalue weighted by atomic mass is 9.66. The van der Waals surface area contributed by atoms with Crippen LogP contribution >= 0.6 is 0 Å². The summed E-state index contributed by atoms with van der Waals surface area (Å²) in [5.41, 5.74) is 2.76. The molecular formula is C21H25N3O2. The minimum absolute atomic E-state index is 0.00827. The highest BCUT2D eigenvalue weighted by atomic mass is 16.5. The third kappa shape index (κ3) is 2.17. The minimum atomic E-state index is -0.0689. The van der Waals surface area contributed by atoms with Crippen LogP contribution in [0.15, 0.2) is 30.5 Å². The van der Waals surface area contributed by atoms with Crippen molar-refractivity contribution in [3.8, 4) is 0 Å². The first-order valence-electron chi connectivity index (χ1n) is 9.68. The molecule has 5 aliphatic rings. The van der Waals surface area contributed by atoms with Gasteiger partial charge in [0.1, 0.15) is 0 Å². The Morgan fingerprint density at radius 1 is 1.42 bits per heavy atom. The number of aromatic nitrogens is 1. The maximum absolute atomic E-state index is 12.1. The van der Waals surface area contributed by atoms with Gasteiger partial charge in [0, 0.05) is 36.8 Å². The van der Waals surface area contributed by atoms with Gasteiger partial charge in [-0.05, 0) is 61.6 Å². The molecule has 5 aliphatic heterocycles. The van der Waals surface area contributed by atoms with Crippen LogP contribution in [0.5, 0.6) is 0 Å². The molecule has 1 aromatic carbocycles. The number of carbonyl (C=O) groups is 1. The van der Waals surface area contributed by atoms with Crippen LogP contribution in [-0.2, 0) is 4.74 Å². The molecule has 7 rings (SSSR count). The van der Waals surface area contributed by atoms with Crippen molar-refractivity contribution in [2.24, 2.45) is 5.92 Å². The smallest absolute Gasteiger partial charge is 0.251 e. The molecule has 5 nitrogen and oxygen atoms in total. The maximum Gasteiger partial charge on any atom is 0.251 e. The number of ether oxygens (including phenoxy) is 1. The van der Waals surface area contributed by atoms with Crippen LogP contribution in [0.1, 0.15) is 48.2 Å². The number of amides is 1. The molecular weight excluding hydrogens is 326 g/mol. The van der Waals surface area contributed by atoms with Crippen molar-refractivity contribution in [3.63, 3.8) is 0 Å². The number of pyridine rings is 1. The second kappa shape index (κ2) is 5.76. The quantitative estimate of drug-likeness (QED) is 0.924. The maximum atomic E-state index is 12.1. The van der Waals surface area contributed by atoms with E-state index in [4.69, 9.17) is 4.74 Å². The highest BCUT2D eigenvalue weighted by Gasteiger charge is 2.58. The third-order valence-corrected chi connectivity index (χ3v) is 6.86. The van der Waals surface area contributed by atoms with Crippen LogP contribution in [0.2, 0.25) is 0 Å². The Kier molecular flexibility index (Phi) is 3.59. The third-order valence-electron chi connectivity index (χ3n) is 6.86. The molecule has 4 unspecified atom stereocenters. The van der Waals surface area contributed by atoms with Crippen LogP contribution in [0.4, 0.5) is 0 Å². The second-order valence-electron chi connectivity index (χ2n) is 7.93. The Balaban J connectivity index is 1.62. The summed E-state index contributed by atoms with van der Waals surface area (Å²) in [6.07, 6.45) is 5.47. The van der Waals surface area contributed by atoms with Gasteiger partial charge in [-0.15, -0.1) is 0 Å². The van der Waals surface area contributed by atoms with Gasteiger partial charge in [-0.3, -0.25) is 14.7 Å². The molecule has 0 aliphatic carbocycles. The Labute approximate surface area is 153 Å². The number of nitrogens with one attached hydrogen (secondary N) is 1. The van der Waals surface area contributed by atoms with Crippen molar-refractivity contribution in [1.82, 2.24) is 15.2 Å². The Hall–Kier alpha value is -1.98. The van der Waals surface area contributed by atoms with Gasteiger partial charge in [0.2, 0.25) is 0 Å². The predicted octanol–water partition coefficient (Wildman–Crippen LogP) is 2.91.